The minimum Gasteiger partial charge on any atom is -0.348 e. The Kier molecular flexibility index (Phi) is 4.21. The van der Waals surface area contributed by atoms with Gasteiger partial charge < -0.3 is 10.6 Å². The molecule has 1 unspecified atom stereocenters. The van der Waals surface area contributed by atoms with Gasteiger partial charge in [0.25, 0.3) is 5.91 Å². The molecule has 1 heterocycles. The zero-order valence-corrected chi connectivity index (χ0v) is 11.7. The number of amides is 1. The monoisotopic (exact) mass is 282 g/mol. The van der Waals surface area contributed by atoms with Gasteiger partial charge in [-0.05, 0) is 43.7 Å². The highest BCUT2D eigenvalue weighted by Gasteiger charge is 2.16. The van der Waals surface area contributed by atoms with Crippen LogP contribution >= 0.6 is 0 Å². The molecule has 1 amide bonds. The van der Waals surface area contributed by atoms with E-state index < -0.39 is 9.84 Å². The van der Waals surface area contributed by atoms with Crippen LogP contribution in [0.25, 0.3) is 0 Å². The fourth-order valence-electron chi connectivity index (χ4n) is 2.10. The lowest BCUT2D eigenvalue weighted by Gasteiger charge is -2.23. The summed E-state index contributed by atoms with van der Waals surface area (Å²) in [6.07, 6.45) is 3.17. The summed E-state index contributed by atoms with van der Waals surface area (Å²) in [5, 5.41) is 6.17. The van der Waals surface area contributed by atoms with Gasteiger partial charge in [-0.1, -0.05) is 0 Å². The summed E-state index contributed by atoms with van der Waals surface area (Å²) < 4.78 is 22.6. The van der Waals surface area contributed by atoms with Crippen molar-refractivity contribution in [1.29, 1.82) is 0 Å². The van der Waals surface area contributed by atoms with Crippen molar-refractivity contribution in [3.63, 3.8) is 0 Å². The highest BCUT2D eigenvalue weighted by molar-refractivity contribution is 7.90. The van der Waals surface area contributed by atoms with Gasteiger partial charge in [-0.15, -0.1) is 0 Å². The van der Waals surface area contributed by atoms with Gasteiger partial charge in [0.2, 0.25) is 0 Å². The average Bonchev–Trinajstić information content (AvgIpc) is 2.39. The van der Waals surface area contributed by atoms with Gasteiger partial charge in [0.15, 0.2) is 9.84 Å². The zero-order valence-electron chi connectivity index (χ0n) is 10.8. The second-order valence-corrected chi connectivity index (χ2v) is 6.83. The minimum absolute atomic E-state index is 0.149. The van der Waals surface area contributed by atoms with E-state index in [0.29, 0.717) is 5.56 Å². The van der Waals surface area contributed by atoms with Crippen molar-refractivity contribution in [2.24, 2.45) is 0 Å². The maximum atomic E-state index is 12.0. The summed E-state index contributed by atoms with van der Waals surface area (Å²) in [6, 6.07) is 6.16. The molecule has 1 aromatic carbocycles. The molecular formula is C13H18N2O3S. The first kappa shape index (κ1) is 14.0. The summed E-state index contributed by atoms with van der Waals surface area (Å²) in [7, 11) is -3.21. The normalized spacial score (nSPS) is 19.9. The largest absolute Gasteiger partial charge is 0.348 e. The van der Waals surface area contributed by atoms with E-state index in [4.69, 9.17) is 0 Å². The van der Waals surface area contributed by atoms with Crippen LogP contribution in [0.5, 0.6) is 0 Å². The van der Waals surface area contributed by atoms with Crippen molar-refractivity contribution in [1.82, 2.24) is 10.6 Å². The summed E-state index contributed by atoms with van der Waals surface area (Å²) in [6.45, 7) is 1.78. The fraction of sp³-hybridized carbons (Fsp3) is 0.462. The van der Waals surface area contributed by atoms with Crippen LogP contribution in [0.3, 0.4) is 0 Å². The van der Waals surface area contributed by atoms with Crippen LogP contribution in [-0.4, -0.2) is 39.7 Å². The molecule has 2 rings (SSSR count). The lowest BCUT2D eigenvalue weighted by atomic mass is 10.1. The Labute approximate surface area is 113 Å². The molecule has 19 heavy (non-hydrogen) atoms. The third kappa shape index (κ3) is 3.78. The number of nitrogens with one attached hydrogen (secondary N) is 2. The second-order valence-electron chi connectivity index (χ2n) is 4.81. The smallest absolute Gasteiger partial charge is 0.251 e. The Bertz CT molecular complexity index is 546. The highest BCUT2D eigenvalue weighted by Crippen LogP contribution is 2.11. The van der Waals surface area contributed by atoms with Gasteiger partial charge >= 0.3 is 0 Å². The third-order valence-electron chi connectivity index (χ3n) is 3.18. The van der Waals surface area contributed by atoms with Gasteiger partial charge in [-0.25, -0.2) is 8.42 Å². The molecule has 1 aliphatic heterocycles. The number of rotatable bonds is 3. The molecule has 0 aromatic heterocycles. The van der Waals surface area contributed by atoms with Crippen LogP contribution in [0.15, 0.2) is 29.2 Å². The molecule has 1 saturated heterocycles. The molecule has 1 fully saturated rings. The molecule has 5 nitrogen and oxygen atoms in total. The first-order chi connectivity index (χ1) is 8.97. The average molecular weight is 282 g/mol. The van der Waals surface area contributed by atoms with Crippen molar-refractivity contribution >= 4 is 15.7 Å². The number of piperidine rings is 1. The summed E-state index contributed by atoms with van der Waals surface area (Å²) in [5.74, 6) is -0.159. The highest BCUT2D eigenvalue weighted by atomic mass is 32.2. The molecular weight excluding hydrogens is 264 g/mol. The molecule has 0 aliphatic carbocycles. The van der Waals surface area contributed by atoms with Crippen LogP contribution < -0.4 is 10.6 Å². The first-order valence-corrected chi connectivity index (χ1v) is 8.17. The molecule has 1 atom stereocenters. The quantitative estimate of drug-likeness (QED) is 0.850. The van der Waals surface area contributed by atoms with Crippen molar-refractivity contribution in [2.75, 3.05) is 19.3 Å². The Balaban J connectivity index is 2.03. The SMILES string of the molecule is CS(=O)(=O)c1ccc(C(=O)NC2CCCNC2)cc1. The lowest BCUT2D eigenvalue weighted by molar-refractivity contribution is 0.0930. The van der Waals surface area contributed by atoms with Gasteiger partial charge in [0.05, 0.1) is 4.90 Å². The molecule has 1 aromatic rings. The van der Waals surface area contributed by atoms with E-state index in [2.05, 4.69) is 10.6 Å². The lowest BCUT2D eigenvalue weighted by Crippen LogP contribution is -2.45. The number of hydrogen-bond donors (Lipinski definition) is 2. The second kappa shape index (κ2) is 5.71. The van der Waals surface area contributed by atoms with Crippen molar-refractivity contribution in [2.45, 2.75) is 23.8 Å². The van der Waals surface area contributed by atoms with Crippen LogP contribution in [0, 0.1) is 0 Å². The number of sulfone groups is 1. The molecule has 0 spiro atoms. The van der Waals surface area contributed by atoms with E-state index in [1.54, 1.807) is 12.1 Å². The Morgan fingerprint density at radius 1 is 1.32 bits per heavy atom. The van der Waals surface area contributed by atoms with E-state index >= 15 is 0 Å². The van der Waals surface area contributed by atoms with Crippen molar-refractivity contribution in [3.8, 4) is 0 Å². The van der Waals surface area contributed by atoms with E-state index in [9.17, 15) is 13.2 Å². The van der Waals surface area contributed by atoms with Crippen LogP contribution in [-0.2, 0) is 9.84 Å². The Morgan fingerprint density at radius 2 is 2.00 bits per heavy atom. The number of benzene rings is 1. The van der Waals surface area contributed by atoms with Gasteiger partial charge in [-0.2, -0.15) is 0 Å². The Hall–Kier alpha value is -1.40. The predicted octanol–water partition coefficient (Wildman–Crippen LogP) is 0.572. The predicted molar refractivity (Wildman–Crippen MR) is 72.9 cm³/mol. The summed E-state index contributed by atoms with van der Waals surface area (Å²) >= 11 is 0. The number of hydrogen-bond acceptors (Lipinski definition) is 4. The molecule has 0 bridgehead atoms. The van der Waals surface area contributed by atoms with Gasteiger partial charge in [0, 0.05) is 24.4 Å². The van der Waals surface area contributed by atoms with Crippen molar-refractivity contribution < 1.29 is 13.2 Å². The standard InChI is InChI=1S/C13H18N2O3S/c1-19(17,18)12-6-4-10(5-7-12)13(16)15-11-3-2-8-14-9-11/h4-7,11,14H,2-3,8-9H2,1H3,(H,15,16). The fourth-order valence-corrected chi connectivity index (χ4v) is 2.73. The van der Waals surface area contributed by atoms with Crippen molar-refractivity contribution in [3.05, 3.63) is 29.8 Å². The maximum absolute atomic E-state index is 12.0. The zero-order chi connectivity index (χ0) is 13.9. The number of carbonyl (C=O) groups is 1. The first-order valence-electron chi connectivity index (χ1n) is 6.28. The van der Waals surface area contributed by atoms with E-state index in [1.807, 2.05) is 0 Å². The molecule has 104 valence electrons. The Morgan fingerprint density at radius 3 is 2.53 bits per heavy atom. The van der Waals surface area contributed by atoms with E-state index in [-0.39, 0.29) is 16.8 Å². The van der Waals surface area contributed by atoms with Gasteiger partial charge in [0.1, 0.15) is 0 Å². The van der Waals surface area contributed by atoms with Crippen LogP contribution in [0.1, 0.15) is 23.2 Å². The molecule has 0 saturated carbocycles. The molecule has 6 heteroatoms. The van der Waals surface area contributed by atoms with Crippen LogP contribution in [0.2, 0.25) is 0 Å². The molecule has 0 radical (unpaired) electrons. The summed E-state index contributed by atoms with van der Waals surface area (Å²) in [5.41, 5.74) is 0.484. The number of carbonyl (C=O) groups excluding carboxylic acids is 1. The summed E-state index contributed by atoms with van der Waals surface area (Å²) in [4.78, 5) is 12.2. The van der Waals surface area contributed by atoms with E-state index in [1.165, 1.54) is 12.1 Å². The third-order valence-corrected chi connectivity index (χ3v) is 4.31. The van der Waals surface area contributed by atoms with Crippen LogP contribution in [0.4, 0.5) is 0 Å². The van der Waals surface area contributed by atoms with Gasteiger partial charge in [-0.3, -0.25) is 4.79 Å². The maximum Gasteiger partial charge on any atom is 0.251 e. The topological polar surface area (TPSA) is 75.3 Å². The van der Waals surface area contributed by atoms with E-state index in [0.717, 1.165) is 32.2 Å². The molecule has 2 N–H and O–H groups in total. The minimum atomic E-state index is -3.21. The molecule has 1 aliphatic rings.